The predicted octanol–water partition coefficient (Wildman–Crippen LogP) is 4.89. The van der Waals surface area contributed by atoms with Crippen LogP contribution in [0.2, 0.25) is 0 Å². The molecule has 0 aliphatic rings. The molecule has 3 aromatic carbocycles. The van der Waals surface area contributed by atoms with Gasteiger partial charge < -0.3 is 10.1 Å². The molecule has 0 bridgehead atoms. The summed E-state index contributed by atoms with van der Waals surface area (Å²) in [6.45, 7) is 3.74. The number of ketones is 1. The van der Waals surface area contributed by atoms with Gasteiger partial charge in [-0.1, -0.05) is 67.6 Å². The van der Waals surface area contributed by atoms with E-state index in [2.05, 4.69) is 5.32 Å². The summed E-state index contributed by atoms with van der Waals surface area (Å²) >= 11 is 0. The van der Waals surface area contributed by atoms with Crippen LogP contribution in [0.5, 0.6) is 5.75 Å². The van der Waals surface area contributed by atoms with Crippen LogP contribution in [0.1, 0.15) is 35.3 Å². The maximum absolute atomic E-state index is 12.8. The molecule has 1 N–H and O–H groups in total. The lowest BCUT2D eigenvalue weighted by molar-refractivity contribution is -0.122. The van der Waals surface area contributed by atoms with Crippen molar-refractivity contribution < 1.29 is 14.3 Å². The van der Waals surface area contributed by atoms with Crippen molar-refractivity contribution in [3.63, 3.8) is 0 Å². The Bertz CT molecular complexity index is 966. The minimum atomic E-state index is -0.701. The second kappa shape index (κ2) is 9.00. The molecule has 1 unspecified atom stereocenters. The second-order valence-corrected chi connectivity index (χ2v) is 6.45. The Morgan fingerprint density at radius 2 is 1.54 bits per heavy atom. The molecule has 4 heteroatoms. The first kappa shape index (κ1) is 19.4. The number of hydrogen-bond acceptors (Lipinski definition) is 3. The summed E-state index contributed by atoms with van der Waals surface area (Å²) in [7, 11) is 0. The summed E-state index contributed by atoms with van der Waals surface area (Å²) < 4.78 is 5.86. The zero-order valence-electron chi connectivity index (χ0n) is 16.0. The minimum absolute atomic E-state index is 0.138. The molecular formula is C24H23NO3. The molecule has 4 nitrogen and oxygen atoms in total. The van der Waals surface area contributed by atoms with Gasteiger partial charge in [-0.15, -0.1) is 0 Å². The molecule has 142 valence electrons. The van der Waals surface area contributed by atoms with Crippen LogP contribution in [0.15, 0.2) is 78.9 Å². The molecule has 3 rings (SSSR count). The van der Waals surface area contributed by atoms with Crippen LogP contribution in [-0.4, -0.2) is 17.8 Å². The molecule has 1 atom stereocenters. The van der Waals surface area contributed by atoms with Crippen LogP contribution in [0.4, 0.5) is 5.69 Å². The molecule has 0 saturated carbocycles. The first-order valence-electron chi connectivity index (χ1n) is 9.34. The highest BCUT2D eigenvalue weighted by molar-refractivity contribution is 6.14. The Labute approximate surface area is 165 Å². The lowest BCUT2D eigenvalue weighted by Gasteiger charge is -2.18. The first-order valence-corrected chi connectivity index (χ1v) is 9.34. The van der Waals surface area contributed by atoms with Crippen molar-refractivity contribution in [2.45, 2.75) is 26.4 Å². The fourth-order valence-corrected chi connectivity index (χ4v) is 2.92. The van der Waals surface area contributed by atoms with Gasteiger partial charge >= 0.3 is 0 Å². The average molecular weight is 373 g/mol. The molecule has 0 aliphatic carbocycles. The number of carbonyl (C=O) groups excluding carboxylic acids is 2. The fraction of sp³-hybridized carbons (Fsp3) is 0.167. The molecule has 0 aliphatic heterocycles. The van der Waals surface area contributed by atoms with Crippen molar-refractivity contribution in [3.05, 3.63) is 95.6 Å². The smallest absolute Gasteiger partial charge is 0.265 e. The van der Waals surface area contributed by atoms with Crippen molar-refractivity contribution in [3.8, 4) is 5.75 Å². The molecule has 3 aromatic rings. The largest absolute Gasteiger partial charge is 0.481 e. The third kappa shape index (κ3) is 4.46. The highest BCUT2D eigenvalue weighted by Crippen LogP contribution is 2.22. The summed E-state index contributed by atoms with van der Waals surface area (Å²) in [4.78, 5) is 25.5. The molecular weight excluding hydrogens is 350 g/mol. The molecule has 1 amide bonds. The fourth-order valence-electron chi connectivity index (χ4n) is 2.92. The van der Waals surface area contributed by atoms with Crippen LogP contribution in [-0.2, 0) is 11.2 Å². The SMILES string of the molecule is CCc1ccccc1OC(C)C(=O)Nc1ccccc1C(=O)c1ccccc1. The standard InChI is InChI=1S/C24H23NO3/c1-3-18-11-7-10-16-22(18)28-17(2)24(27)25-21-15-9-8-14-20(21)23(26)19-12-5-4-6-13-19/h4-17H,3H2,1-2H3,(H,25,27). The number of ether oxygens (including phenoxy) is 1. The molecule has 0 heterocycles. The number of carbonyl (C=O) groups is 2. The number of para-hydroxylation sites is 2. The summed E-state index contributed by atoms with van der Waals surface area (Å²) in [6, 6.07) is 23.7. The summed E-state index contributed by atoms with van der Waals surface area (Å²) in [5, 5.41) is 2.83. The Balaban J connectivity index is 1.76. The maximum atomic E-state index is 12.8. The van der Waals surface area contributed by atoms with E-state index in [9.17, 15) is 9.59 Å². The Kier molecular flexibility index (Phi) is 6.22. The third-order valence-corrected chi connectivity index (χ3v) is 4.49. The summed E-state index contributed by atoms with van der Waals surface area (Å²) in [5.74, 6) is 0.252. The van der Waals surface area contributed by atoms with Crippen LogP contribution < -0.4 is 10.1 Å². The van der Waals surface area contributed by atoms with E-state index in [-0.39, 0.29) is 11.7 Å². The zero-order valence-corrected chi connectivity index (χ0v) is 16.0. The summed E-state index contributed by atoms with van der Waals surface area (Å²) in [6.07, 6.45) is 0.117. The topological polar surface area (TPSA) is 55.4 Å². The number of benzene rings is 3. The number of anilines is 1. The molecule has 28 heavy (non-hydrogen) atoms. The highest BCUT2D eigenvalue weighted by atomic mass is 16.5. The maximum Gasteiger partial charge on any atom is 0.265 e. The van der Waals surface area contributed by atoms with E-state index in [0.29, 0.717) is 22.6 Å². The van der Waals surface area contributed by atoms with Crippen LogP contribution in [0.3, 0.4) is 0 Å². The van der Waals surface area contributed by atoms with Gasteiger partial charge in [-0.25, -0.2) is 0 Å². The van der Waals surface area contributed by atoms with Gasteiger partial charge in [0.15, 0.2) is 11.9 Å². The minimum Gasteiger partial charge on any atom is -0.481 e. The predicted molar refractivity (Wildman–Crippen MR) is 111 cm³/mol. The summed E-state index contributed by atoms with van der Waals surface area (Å²) in [5.41, 5.74) is 2.54. The molecule has 0 saturated heterocycles. The Morgan fingerprint density at radius 1 is 0.893 bits per heavy atom. The number of amides is 1. The quantitative estimate of drug-likeness (QED) is 0.600. The van der Waals surface area contributed by atoms with Crippen LogP contribution in [0, 0.1) is 0 Å². The van der Waals surface area contributed by atoms with Gasteiger partial charge in [0.05, 0.1) is 5.69 Å². The van der Waals surface area contributed by atoms with Crippen molar-refractivity contribution in [2.75, 3.05) is 5.32 Å². The molecule has 0 fully saturated rings. The van der Waals surface area contributed by atoms with Gasteiger partial charge in [0.1, 0.15) is 5.75 Å². The van der Waals surface area contributed by atoms with Crippen molar-refractivity contribution in [1.82, 2.24) is 0 Å². The number of nitrogens with one attached hydrogen (secondary N) is 1. The van der Waals surface area contributed by atoms with E-state index in [1.807, 2.05) is 49.4 Å². The number of aryl methyl sites for hydroxylation is 1. The Morgan fingerprint density at radius 3 is 2.29 bits per heavy atom. The van der Waals surface area contributed by atoms with E-state index in [4.69, 9.17) is 4.74 Å². The van der Waals surface area contributed by atoms with Crippen molar-refractivity contribution in [1.29, 1.82) is 0 Å². The lowest BCUT2D eigenvalue weighted by atomic mass is 10.0. The van der Waals surface area contributed by atoms with Crippen molar-refractivity contribution >= 4 is 17.4 Å². The zero-order chi connectivity index (χ0) is 19.9. The van der Waals surface area contributed by atoms with E-state index >= 15 is 0 Å². The highest BCUT2D eigenvalue weighted by Gasteiger charge is 2.19. The molecule has 0 aromatic heterocycles. The van der Waals surface area contributed by atoms with E-state index < -0.39 is 6.10 Å². The van der Waals surface area contributed by atoms with Gasteiger partial charge in [0.25, 0.3) is 5.91 Å². The van der Waals surface area contributed by atoms with Gasteiger partial charge in [-0.05, 0) is 37.1 Å². The number of hydrogen-bond donors (Lipinski definition) is 1. The van der Waals surface area contributed by atoms with Gasteiger partial charge in [-0.2, -0.15) is 0 Å². The van der Waals surface area contributed by atoms with Gasteiger partial charge in [0.2, 0.25) is 0 Å². The second-order valence-electron chi connectivity index (χ2n) is 6.45. The lowest BCUT2D eigenvalue weighted by Crippen LogP contribution is -2.31. The number of rotatable bonds is 7. The van der Waals surface area contributed by atoms with Gasteiger partial charge in [0, 0.05) is 11.1 Å². The van der Waals surface area contributed by atoms with Crippen molar-refractivity contribution in [2.24, 2.45) is 0 Å². The molecule has 0 spiro atoms. The van der Waals surface area contributed by atoms with E-state index in [1.54, 1.807) is 43.3 Å². The normalized spacial score (nSPS) is 11.5. The van der Waals surface area contributed by atoms with Gasteiger partial charge in [-0.3, -0.25) is 9.59 Å². The Hall–Kier alpha value is -3.40. The van der Waals surface area contributed by atoms with E-state index in [1.165, 1.54) is 0 Å². The first-order chi connectivity index (χ1) is 13.6. The monoisotopic (exact) mass is 373 g/mol. The third-order valence-electron chi connectivity index (χ3n) is 4.49. The van der Waals surface area contributed by atoms with Crippen LogP contribution >= 0.6 is 0 Å². The van der Waals surface area contributed by atoms with Crippen LogP contribution in [0.25, 0.3) is 0 Å². The average Bonchev–Trinajstić information content (AvgIpc) is 2.74. The molecule has 0 radical (unpaired) electrons. The van der Waals surface area contributed by atoms with E-state index in [0.717, 1.165) is 12.0 Å².